The van der Waals surface area contributed by atoms with E-state index in [4.69, 9.17) is 0 Å². The fraction of sp³-hybridized carbons (Fsp3) is 0.0667. The van der Waals surface area contributed by atoms with E-state index in [0.717, 1.165) is 0 Å². The molecule has 0 spiro atoms. The van der Waals surface area contributed by atoms with Gasteiger partial charge in [-0.1, -0.05) is 0 Å². The predicted molar refractivity (Wildman–Crippen MR) is 134 cm³/mol. The first-order chi connectivity index (χ1) is 18.0. The van der Waals surface area contributed by atoms with Crippen molar-refractivity contribution in [2.75, 3.05) is 0 Å². The number of rotatable bonds is 6. The van der Waals surface area contributed by atoms with Gasteiger partial charge in [0.25, 0.3) is 0 Å². The van der Waals surface area contributed by atoms with Gasteiger partial charge in [-0.15, -0.1) is 0 Å². The molecule has 0 saturated carbocycles. The molecule has 0 amide bonds. The molecule has 0 bridgehead atoms. The van der Waals surface area contributed by atoms with Crippen LogP contribution in [0, 0.1) is 23.3 Å². The molecule has 4 aromatic rings. The Labute approximate surface area is 216 Å². The van der Waals surface area contributed by atoms with Crippen molar-refractivity contribution < 1.29 is 37.8 Å². The zero-order valence-electron chi connectivity index (χ0n) is 19.7. The van der Waals surface area contributed by atoms with Crippen molar-refractivity contribution in [3.05, 3.63) is 140 Å². The summed E-state index contributed by atoms with van der Waals surface area (Å²) >= 11 is -5.21. The van der Waals surface area contributed by atoms with Gasteiger partial charge in [0.05, 0.1) is 0 Å². The number of benzene rings is 2. The van der Waals surface area contributed by atoms with E-state index in [2.05, 4.69) is 0 Å². The van der Waals surface area contributed by atoms with Crippen LogP contribution in [-0.2, 0) is 20.3 Å². The van der Waals surface area contributed by atoms with Gasteiger partial charge in [-0.25, -0.2) is 0 Å². The molecule has 7 heteroatoms. The molecule has 0 atom stereocenters. The van der Waals surface area contributed by atoms with Crippen molar-refractivity contribution in [2.24, 2.45) is 0 Å². The van der Waals surface area contributed by atoms with Crippen LogP contribution < -0.4 is 6.54 Å². The summed E-state index contributed by atoms with van der Waals surface area (Å²) in [5.41, 5.74) is 0.283. The van der Waals surface area contributed by atoms with Gasteiger partial charge in [-0.3, -0.25) is 0 Å². The molecule has 0 unspecified atom stereocenters. The van der Waals surface area contributed by atoms with Crippen molar-refractivity contribution in [3.63, 3.8) is 0 Å². The molecule has 0 N–H and O–H groups in total. The molecule has 184 valence electrons. The normalized spacial score (nSPS) is 14.9. The third-order valence-electron chi connectivity index (χ3n) is 7.16. The van der Waals surface area contributed by atoms with Gasteiger partial charge in [0.1, 0.15) is 0 Å². The predicted octanol–water partition coefficient (Wildman–Crippen LogP) is 6.62. The van der Waals surface area contributed by atoms with Crippen LogP contribution in [0.3, 0.4) is 0 Å². The Hall–Kier alpha value is -3.44. The zero-order chi connectivity index (χ0) is 25.6. The van der Waals surface area contributed by atoms with E-state index in [1.165, 1.54) is 24.3 Å². The van der Waals surface area contributed by atoms with Gasteiger partial charge in [0.15, 0.2) is 0 Å². The number of nitrogens with zero attached hydrogens (tertiary/aromatic N) is 2. The summed E-state index contributed by atoms with van der Waals surface area (Å²) in [5, 5.41) is 0. The fourth-order valence-electron chi connectivity index (χ4n) is 5.58. The second-order valence-corrected chi connectivity index (χ2v) is 18.4. The summed E-state index contributed by atoms with van der Waals surface area (Å²) < 4.78 is 69.6. The Morgan fingerprint density at radius 2 is 0.973 bits per heavy atom. The molecule has 6 rings (SSSR count). The summed E-state index contributed by atoms with van der Waals surface area (Å²) in [6.07, 6.45) is 18.4. The van der Waals surface area contributed by atoms with Crippen LogP contribution in [0.15, 0.2) is 116 Å². The van der Waals surface area contributed by atoms with E-state index < -0.39 is 43.5 Å². The summed E-state index contributed by atoms with van der Waals surface area (Å²) in [5.74, 6) is -3.12. The number of halogens is 4. The minimum absolute atomic E-state index is 0.142. The monoisotopic (exact) mass is 576 g/mol. The molecule has 0 saturated heterocycles. The number of aromatic nitrogens is 2. The molecule has 2 aliphatic rings. The van der Waals surface area contributed by atoms with Gasteiger partial charge in [-0.05, 0) is 0 Å². The minimum atomic E-state index is -5.21. The van der Waals surface area contributed by atoms with Crippen LogP contribution in [0.4, 0.5) is 17.6 Å². The van der Waals surface area contributed by atoms with E-state index in [-0.39, 0.29) is 17.9 Å². The van der Waals surface area contributed by atoms with E-state index in [0.29, 0.717) is 19.4 Å². The second kappa shape index (κ2) is 9.46. The van der Waals surface area contributed by atoms with Crippen molar-refractivity contribution in [2.45, 2.75) is 12.8 Å². The maximum atomic E-state index is 16.7. The van der Waals surface area contributed by atoms with E-state index >= 15 is 17.6 Å². The summed E-state index contributed by atoms with van der Waals surface area (Å²) in [4.78, 5) is 0. The fourth-order valence-corrected chi connectivity index (χ4v) is 18.6. The van der Waals surface area contributed by atoms with Crippen LogP contribution in [0.1, 0.15) is 12.8 Å². The van der Waals surface area contributed by atoms with Crippen LogP contribution in [0.2, 0.25) is 0 Å². The molecule has 2 nitrogen and oxygen atoms in total. The quantitative estimate of drug-likeness (QED) is 0.228. The van der Waals surface area contributed by atoms with Gasteiger partial charge in [0, 0.05) is 0 Å². The maximum absolute atomic E-state index is 16.7. The van der Waals surface area contributed by atoms with E-state index in [1.54, 1.807) is 82.5 Å². The van der Waals surface area contributed by atoms with Crippen LogP contribution in [0.25, 0.3) is 11.4 Å². The third-order valence-corrected chi connectivity index (χ3v) is 19.7. The van der Waals surface area contributed by atoms with Crippen LogP contribution in [-0.4, -0.2) is 9.13 Å². The third kappa shape index (κ3) is 3.71. The molecular weight excluding hydrogens is 556 g/mol. The first-order valence-corrected chi connectivity index (χ1v) is 16.9. The Morgan fingerprint density at radius 3 is 1.32 bits per heavy atom. The molecule has 37 heavy (non-hydrogen) atoms. The molecule has 2 aromatic carbocycles. The first kappa shape index (κ1) is 23.9. The Bertz CT molecular complexity index is 1490. The van der Waals surface area contributed by atoms with Crippen molar-refractivity contribution in [1.29, 1.82) is 0 Å². The molecular formula is C30H22F4N2Zr. The molecule has 0 fully saturated rings. The standard InChI is InChI=1S/2C10H6F2N.2C5H5.Zr/c2*11-8-3-4-10(9(12)7-8)13-5-1-2-6-13;2*1-2-4-5-3-1;/h2*1-6H;2*1-3H,4H2;. The molecule has 2 aromatic heterocycles. The van der Waals surface area contributed by atoms with E-state index in [9.17, 15) is 0 Å². The second-order valence-electron chi connectivity index (χ2n) is 9.09. The average Bonchev–Trinajstić information content (AvgIpc) is 3.71. The van der Waals surface area contributed by atoms with Crippen molar-refractivity contribution >= 4 is 6.54 Å². The van der Waals surface area contributed by atoms with Gasteiger partial charge >= 0.3 is 217 Å². The number of hydrogen-bond donors (Lipinski definition) is 0. The van der Waals surface area contributed by atoms with Crippen molar-refractivity contribution in [3.8, 4) is 11.4 Å². The molecule has 2 aliphatic carbocycles. The Balaban J connectivity index is 1.76. The number of hydrogen-bond acceptors (Lipinski definition) is 0. The summed E-state index contributed by atoms with van der Waals surface area (Å²) in [6, 6.07) is 12.1. The molecule has 2 heterocycles. The van der Waals surface area contributed by atoms with Crippen LogP contribution >= 0.6 is 0 Å². The first-order valence-electron chi connectivity index (χ1n) is 12.0. The number of allylic oxidation sites excluding steroid dienone is 8. The van der Waals surface area contributed by atoms with Gasteiger partial charge in [-0.2, -0.15) is 0 Å². The zero-order valence-corrected chi connectivity index (χ0v) is 22.2. The Morgan fingerprint density at radius 1 is 0.568 bits per heavy atom. The SMILES string of the molecule is Fc1ccc(-n2cccc2)c(F)[c]1[Zr]([C]1=CC=CC1)([C]1=CC=CC1)[c]1c(F)ccc(-n2cccc2)c1F. The molecule has 0 aliphatic heterocycles. The van der Waals surface area contributed by atoms with Crippen molar-refractivity contribution in [1.82, 2.24) is 9.13 Å². The summed E-state index contributed by atoms with van der Waals surface area (Å²) in [6.45, 7) is 0. The average molecular weight is 578 g/mol. The van der Waals surface area contributed by atoms with Gasteiger partial charge < -0.3 is 0 Å². The van der Waals surface area contributed by atoms with E-state index in [1.807, 2.05) is 12.2 Å². The molecule has 0 radical (unpaired) electrons. The summed E-state index contributed by atoms with van der Waals surface area (Å²) in [7, 11) is 0. The topological polar surface area (TPSA) is 9.86 Å². The van der Waals surface area contributed by atoms with Gasteiger partial charge in [0.2, 0.25) is 0 Å². The van der Waals surface area contributed by atoms with Crippen LogP contribution in [0.5, 0.6) is 0 Å². The Kier molecular flexibility index (Phi) is 6.12.